The van der Waals surface area contributed by atoms with Gasteiger partial charge in [-0.25, -0.2) is 5.43 Å². The van der Waals surface area contributed by atoms with Gasteiger partial charge in [-0.1, -0.05) is 17.7 Å². The Balaban J connectivity index is 2.01. The van der Waals surface area contributed by atoms with Crippen LogP contribution in [0.4, 0.5) is 0 Å². The average Bonchev–Trinajstić information content (AvgIpc) is 2.78. The number of amides is 1. The molecule has 0 atom stereocenters. The quantitative estimate of drug-likeness (QED) is 0.679. The number of nitrogens with zero attached hydrogens (tertiary/aromatic N) is 1. The molecule has 0 fully saturated rings. The van der Waals surface area contributed by atoms with E-state index in [9.17, 15) is 4.79 Å². The van der Waals surface area contributed by atoms with Crippen molar-refractivity contribution in [2.24, 2.45) is 5.10 Å². The largest absolute Gasteiger partial charge is 0.271 e. The van der Waals surface area contributed by atoms with Crippen LogP contribution in [0.3, 0.4) is 0 Å². The highest BCUT2D eigenvalue weighted by Gasteiger charge is 2.05. The lowest BCUT2D eigenvalue weighted by molar-refractivity contribution is 0.0955. The standard InChI is InChI=1S/C14H13ClN2OS/c1-9-3-4-11(7-10(9)2)14(18)17-16-8-12-5-6-13(15)19-12/h3-8H,1-2H3,(H,17,18)/b16-8-. The fourth-order valence-corrected chi connectivity index (χ4v) is 2.43. The Labute approximate surface area is 120 Å². The first kappa shape index (κ1) is 13.8. The lowest BCUT2D eigenvalue weighted by atomic mass is 10.1. The molecule has 0 aliphatic rings. The highest BCUT2D eigenvalue weighted by Crippen LogP contribution is 2.19. The Kier molecular flexibility index (Phi) is 4.35. The maximum absolute atomic E-state index is 11.9. The van der Waals surface area contributed by atoms with E-state index in [4.69, 9.17) is 11.6 Å². The molecule has 0 radical (unpaired) electrons. The zero-order chi connectivity index (χ0) is 13.8. The van der Waals surface area contributed by atoms with Crippen LogP contribution in [0.1, 0.15) is 26.4 Å². The van der Waals surface area contributed by atoms with E-state index in [0.717, 1.165) is 16.0 Å². The summed E-state index contributed by atoms with van der Waals surface area (Å²) in [6.07, 6.45) is 1.58. The average molecular weight is 293 g/mol. The second kappa shape index (κ2) is 5.99. The van der Waals surface area contributed by atoms with Crippen LogP contribution in [0, 0.1) is 13.8 Å². The topological polar surface area (TPSA) is 41.5 Å². The molecule has 2 aromatic rings. The molecule has 0 saturated carbocycles. The van der Waals surface area contributed by atoms with Crippen LogP contribution in [0.5, 0.6) is 0 Å². The molecule has 0 bridgehead atoms. The summed E-state index contributed by atoms with van der Waals surface area (Å²) < 4.78 is 0.696. The first-order valence-corrected chi connectivity index (χ1v) is 6.92. The number of aryl methyl sites for hydroxylation is 2. The van der Waals surface area contributed by atoms with Gasteiger partial charge in [0.1, 0.15) is 0 Å². The van der Waals surface area contributed by atoms with Crippen molar-refractivity contribution in [3.8, 4) is 0 Å². The van der Waals surface area contributed by atoms with E-state index in [1.165, 1.54) is 11.3 Å². The monoisotopic (exact) mass is 292 g/mol. The third-order valence-electron chi connectivity index (χ3n) is 2.72. The number of benzene rings is 1. The smallest absolute Gasteiger partial charge is 0.267 e. The highest BCUT2D eigenvalue weighted by molar-refractivity contribution is 7.17. The van der Waals surface area contributed by atoms with Crippen molar-refractivity contribution in [3.05, 3.63) is 56.2 Å². The number of halogens is 1. The lowest BCUT2D eigenvalue weighted by Crippen LogP contribution is -2.17. The molecule has 1 heterocycles. The van der Waals surface area contributed by atoms with Crippen molar-refractivity contribution < 1.29 is 4.79 Å². The third-order valence-corrected chi connectivity index (χ3v) is 3.89. The summed E-state index contributed by atoms with van der Waals surface area (Å²) in [4.78, 5) is 12.7. The van der Waals surface area contributed by atoms with Crippen LogP contribution < -0.4 is 5.43 Å². The zero-order valence-electron chi connectivity index (χ0n) is 10.6. The summed E-state index contributed by atoms with van der Waals surface area (Å²) in [6.45, 7) is 3.98. The Morgan fingerprint density at radius 2 is 2.05 bits per heavy atom. The first-order valence-electron chi connectivity index (χ1n) is 5.72. The van der Waals surface area contributed by atoms with E-state index in [0.29, 0.717) is 9.90 Å². The number of rotatable bonds is 3. The molecule has 2 rings (SSSR count). The van der Waals surface area contributed by atoms with Crippen LogP contribution >= 0.6 is 22.9 Å². The number of thiophene rings is 1. The molecule has 98 valence electrons. The van der Waals surface area contributed by atoms with Crippen LogP contribution in [0.25, 0.3) is 0 Å². The fraction of sp³-hybridized carbons (Fsp3) is 0.143. The Morgan fingerprint density at radius 1 is 1.26 bits per heavy atom. The van der Waals surface area contributed by atoms with Crippen molar-refractivity contribution in [3.63, 3.8) is 0 Å². The molecular formula is C14H13ClN2OS. The molecule has 19 heavy (non-hydrogen) atoms. The molecule has 1 N–H and O–H groups in total. The predicted octanol–water partition coefficient (Wildman–Crippen LogP) is 3.78. The van der Waals surface area contributed by atoms with E-state index >= 15 is 0 Å². The van der Waals surface area contributed by atoms with Gasteiger partial charge < -0.3 is 0 Å². The molecular weight excluding hydrogens is 280 g/mol. The summed E-state index contributed by atoms with van der Waals surface area (Å²) >= 11 is 7.20. The SMILES string of the molecule is Cc1ccc(C(=O)N/N=C\c2ccc(Cl)s2)cc1C. The molecule has 1 amide bonds. The number of carbonyl (C=O) groups is 1. The van der Waals surface area contributed by atoms with Crippen molar-refractivity contribution >= 4 is 35.1 Å². The van der Waals surface area contributed by atoms with Gasteiger partial charge in [0, 0.05) is 10.4 Å². The molecule has 0 saturated heterocycles. The van der Waals surface area contributed by atoms with E-state index in [-0.39, 0.29) is 5.91 Å². The van der Waals surface area contributed by atoms with E-state index in [1.54, 1.807) is 18.3 Å². The summed E-state index contributed by atoms with van der Waals surface area (Å²) in [5.41, 5.74) is 5.34. The first-order chi connectivity index (χ1) is 9.06. The summed E-state index contributed by atoms with van der Waals surface area (Å²) in [5, 5.41) is 3.91. The Morgan fingerprint density at radius 3 is 2.68 bits per heavy atom. The number of nitrogens with one attached hydrogen (secondary N) is 1. The number of hydrogen-bond acceptors (Lipinski definition) is 3. The normalized spacial score (nSPS) is 10.9. The van der Waals surface area contributed by atoms with Gasteiger partial charge >= 0.3 is 0 Å². The van der Waals surface area contributed by atoms with Crippen LogP contribution in [-0.4, -0.2) is 12.1 Å². The van der Waals surface area contributed by atoms with Gasteiger partial charge in [-0.3, -0.25) is 4.79 Å². The Hall–Kier alpha value is -1.65. The molecule has 0 aliphatic carbocycles. The van der Waals surface area contributed by atoms with Crippen molar-refractivity contribution in [2.45, 2.75) is 13.8 Å². The van der Waals surface area contributed by atoms with E-state index in [2.05, 4.69) is 10.5 Å². The highest BCUT2D eigenvalue weighted by atomic mass is 35.5. The molecule has 0 aliphatic heterocycles. The van der Waals surface area contributed by atoms with Crippen LogP contribution in [0.15, 0.2) is 35.4 Å². The predicted molar refractivity (Wildman–Crippen MR) is 80.3 cm³/mol. The van der Waals surface area contributed by atoms with E-state index < -0.39 is 0 Å². The number of hydrogen-bond donors (Lipinski definition) is 1. The van der Waals surface area contributed by atoms with Gasteiger partial charge in [-0.05, 0) is 49.2 Å². The third kappa shape index (κ3) is 3.66. The van der Waals surface area contributed by atoms with Crippen molar-refractivity contribution in [2.75, 3.05) is 0 Å². The fourth-order valence-electron chi connectivity index (χ4n) is 1.50. The lowest BCUT2D eigenvalue weighted by Gasteiger charge is -2.03. The molecule has 1 aromatic heterocycles. The van der Waals surface area contributed by atoms with Crippen molar-refractivity contribution in [1.82, 2.24) is 5.43 Å². The molecule has 3 nitrogen and oxygen atoms in total. The minimum absolute atomic E-state index is 0.220. The number of hydrazone groups is 1. The van der Waals surface area contributed by atoms with Crippen LogP contribution in [0.2, 0.25) is 4.34 Å². The maximum atomic E-state index is 11.9. The summed E-state index contributed by atoms with van der Waals surface area (Å²) in [6, 6.07) is 9.20. The summed E-state index contributed by atoms with van der Waals surface area (Å²) in [7, 11) is 0. The molecule has 1 aromatic carbocycles. The van der Waals surface area contributed by atoms with Gasteiger partial charge in [0.05, 0.1) is 10.6 Å². The number of carbonyl (C=O) groups excluding carboxylic acids is 1. The summed E-state index contributed by atoms with van der Waals surface area (Å²) in [5.74, 6) is -0.220. The van der Waals surface area contributed by atoms with Gasteiger partial charge in [-0.2, -0.15) is 5.10 Å². The van der Waals surface area contributed by atoms with Crippen LogP contribution in [-0.2, 0) is 0 Å². The van der Waals surface area contributed by atoms with Gasteiger partial charge in [-0.15, -0.1) is 11.3 Å². The Bertz CT molecular complexity index is 634. The second-order valence-corrected chi connectivity index (χ2v) is 5.89. The minimum atomic E-state index is -0.220. The van der Waals surface area contributed by atoms with Crippen molar-refractivity contribution in [1.29, 1.82) is 0 Å². The van der Waals surface area contributed by atoms with Gasteiger partial charge in [0.2, 0.25) is 0 Å². The van der Waals surface area contributed by atoms with Gasteiger partial charge in [0.15, 0.2) is 0 Å². The molecule has 0 unspecified atom stereocenters. The molecule has 5 heteroatoms. The zero-order valence-corrected chi connectivity index (χ0v) is 12.2. The van der Waals surface area contributed by atoms with E-state index in [1.807, 2.05) is 32.0 Å². The molecule has 0 spiro atoms. The minimum Gasteiger partial charge on any atom is -0.267 e. The maximum Gasteiger partial charge on any atom is 0.271 e. The second-order valence-electron chi connectivity index (χ2n) is 4.14. The van der Waals surface area contributed by atoms with Gasteiger partial charge in [0.25, 0.3) is 5.91 Å².